The molecule has 2 heterocycles. The minimum atomic E-state index is -0.298. The molecule has 0 bridgehead atoms. The van der Waals surface area contributed by atoms with Crippen LogP contribution in [0.25, 0.3) is 10.9 Å². The summed E-state index contributed by atoms with van der Waals surface area (Å²) in [5.74, 6) is 0.800. The standard InChI is InChI=1S/C25H35N5O/c1-3-23(26)29-25(31)21-16-18-15-17(2)9-10-22(18)28-24(21)30-13-11-20(12-14-30)27-19-7-5-4-6-8-19/h9-10,15-16,19-20,27H,3-8,11-14H2,1-2H3,(H2,26,29,31). The minimum Gasteiger partial charge on any atom is -0.387 e. The molecular weight excluding hydrogens is 386 g/mol. The molecule has 1 aliphatic heterocycles. The zero-order chi connectivity index (χ0) is 21.8. The number of anilines is 1. The highest BCUT2D eigenvalue weighted by Crippen LogP contribution is 2.28. The Morgan fingerprint density at radius 1 is 1.13 bits per heavy atom. The number of nitrogens with one attached hydrogen (secondary N) is 1. The number of aryl methyl sites for hydroxylation is 1. The Labute approximate surface area is 185 Å². The lowest BCUT2D eigenvalue weighted by Gasteiger charge is -2.36. The largest absolute Gasteiger partial charge is 0.387 e. The van der Waals surface area contributed by atoms with Gasteiger partial charge in [-0.3, -0.25) is 4.79 Å². The first kappa shape index (κ1) is 21.8. The molecule has 2 aliphatic rings. The van der Waals surface area contributed by atoms with Gasteiger partial charge in [0.2, 0.25) is 0 Å². The first-order chi connectivity index (χ1) is 15.0. The number of carbonyl (C=O) groups is 1. The number of nitrogens with two attached hydrogens (primary N) is 1. The summed E-state index contributed by atoms with van der Waals surface area (Å²) in [6.45, 7) is 5.73. The van der Waals surface area contributed by atoms with Gasteiger partial charge in [0.15, 0.2) is 0 Å². The van der Waals surface area contributed by atoms with Crippen molar-refractivity contribution < 1.29 is 4.79 Å². The van der Waals surface area contributed by atoms with E-state index in [1.165, 1.54) is 32.1 Å². The van der Waals surface area contributed by atoms with E-state index in [2.05, 4.69) is 27.3 Å². The van der Waals surface area contributed by atoms with Crippen LogP contribution in [0.5, 0.6) is 0 Å². The molecule has 4 rings (SSSR count). The Kier molecular flexibility index (Phi) is 6.86. The molecule has 2 fully saturated rings. The molecule has 3 N–H and O–H groups in total. The second kappa shape index (κ2) is 9.77. The van der Waals surface area contributed by atoms with Gasteiger partial charge in [-0.05, 0) is 50.8 Å². The summed E-state index contributed by atoms with van der Waals surface area (Å²) in [4.78, 5) is 24.3. The number of aromatic nitrogens is 1. The van der Waals surface area contributed by atoms with Crippen molar-refractivity contribution in [2.24, 2.45) is 10.7 Å². The second-order valence-electron chi connectivity index (χ2n) is 9.08. The van der Waals surface area contributed by atoms with Gasteiger partial charge in [0.1, 0.15) is 11.7 Å². The van der Waals surface area contributed by atoms with Gasteiger partial charge in [-0.2, -0.15) is 4.99 Å². The van der Waals surface area contributed by atoms with Crippen LogP contribution in [0, 0.1) is 6.92 Å². The van der Waals surface area contributed by atoms with Crippen LogP contribution in [0.3, 0.4) is 0 Å². The topological polar surface area (TPSA) is 83.6 Å². The number of fused-ring (bicyclic) bond motifs is 1. The van der Waals surface area contributed by atoms with E-state index in [0.29, 0.717) is 29.9 Å². The van der Waals surface area contributed by atoms with Gasteiger partial charge >= 0.3 is 0 Å². The molecule has 1 aromatic heterocycles. The summed E-state index contributed by atoms with van der Waals surface area (Å²) in [5.41, 5.74) is 8.47. The van der Waals surface area contributed by atoms with Crippen LogP contribution in [-0.2, 0) is 0 Å². The van der Waals surface area contributed by atoms with E-state index >= 15 is 0 Å². The highest BCUT2D eigenvalue weighted by Gasteiger charge is 2.26. The molecule has 0 atom stereocenters. The lowest BCUT2D eigenvalue weighted by molar-refractivity contribution is 0.100. The van der Waals surface area contributed by atoms with E-state index in [4.69, 9.17) is 10.7 Å². The summed E-state index contributed by atoms with van der Waals surface area (Å²) < 4.78 is 0. The third-order valence-corrected chi connectivity index (χ3v) is 6.66. The number of rotatable bonds is 5. The molecule has 166 valence electrons. The van der Waals surface area contributed by atoms with Crippen LogP contribution < -0.4 is 16.0 Å². The number of aliphatic imine (C=N–C) groups is 1. The SMILES string of the molecule is CCC(N)=NC(=O)c1cc2cc(C)ccc2nc1N1CCC(NC2CCCCC2)CC1. The van der Waals surface area contributed by atoms with Gasteiger partial charge in [-0.1, -0.05) is 37.8 Å². The van der Waals surface area contributed by atoms with E-state index < -0.39 is 0 Å². The molecule has 6 heteroatoms. The molecule has 0 spiro atoms. The average molecular weight is 422 g/mol. The Hall–Kier alpha value is -2.47. The van der Waals surface area contributed by atoms with E-state index in [9.17, 15) is 4.79 Å². The van der Waals surface area contributed by atoms with Gasteiger partial charge in [0, 0.05) is 37.0 Å². The average Bonchev–Trinajstić information content (AvgIpc) is 2.79. The maximum absolute atomic E-state index is 13.0. The first-order valence-corrected chi connectivity index (χ1v) is 11.8. The van der Waals surface area contributed by atoms with Crippen LogP contribution >= 0.6 is 0 Å². The highest BCUT2D eigenvalue weighted by atomic mass is 16.1. The number of hydrogen-bond donors (Lipinski definition) is 2. The molecule has 0 unspecified atom stereocenters. The van der Waals surface area contributed by atoms with Crippen molar-refractivity contribution in [1.29, 1.82) is 0 Å². The lowest BCUT2D eigenvalue weighted by Crippen LogP contribution is -2.47. The number of amides is 1. The number of pyridine rings is 1. The first-order valence-electron chi connectivity index (χ1n) is 11.8. The van der Waals surface area contributed by atoms with E-state index in [1.54, 1.807) is 0 Å². The molecule has 0 radical (unpaired) electrons. The molecule has 1 aromatic carbocycles. The fraction of sp³-hybridized carbons (Fsp3) is 0.560. The molecule has 1 amide bonds. The van der Waals surface area contributed by atoms with Gasteiger partial charge in [-0.15, -0.1) is 0 Å². The molecule has 6 nitrogen and oxygen atoms in total. The van der Waals surface area contributed by atoms with Crippen LogP contribution in [-0.4, -0.2) is 41.9 Å². The third-order valence-electron chi connectivity index (χ3n) is 6.66. The number of piperidine rings is 1. The van der Waals surface area contributed by atoms with Crippen molar-refractivity contribution >= 4 is 28.5 Å². The van der Waals surface area contributed by atoms with Crippen molar-refractivity contribution in [1.82, 2.24) is 10.3 Å². The maximum atomic E-state index is 13.0. The van der Waals surface area contributed by atoms with Crippen molar-refractivity contribution in [3.63, 3.8) is 0 Å². The Balaban J connectivity index is 1.56. The molecule has 1 aliphatic carbocycles. The monoisotopic (exact) mass is 421 g/mol. The van der Waals surface area contributed by atoms with E-state index in [1.807, 2.05) is 26.0 Å². The predicted molar refractivity (Wildman–Crippen MR) is 128 cm³/mol. The summed E-state index contributed by atoms with van der Waals surface area (Å²) in [6, 6.07) is 9.32. The molecule has 1 saturated heterocycles. The Bertz CT molecular complexity index is 956. The quantitative estimate of drug-likeness (QED) is 0.554. The number of benzene rings is 1. The van der Waals surface area contributed by atoms with Crippen LogP contribution in [0.4, 0.5) is 5.82 Å². The number of hydrogen-bond acceptors (Lipinski definition) is 4. The molecule has 1 saturated carbocycles. The van der Waals surface area contributed by atoms with Gasteiger partial charge in [0.25, 0.3) is 5.91 Å². The molecule has 2 aromatic rings. The van der Waals surface area contributed by atoms with Gasteiger partial charge < -0.3 is 16.0 Å². The predicted octanol–water partition coefficient (Wildman–Crippen LogP) is 4.34. The van der Waals surface area contributed by atoms with Crippen LogP contribution in [0.1, 0.15) is 74.2 Å². The van der Waals surface area contributed by atoms with Crippen LogP contribution in [0.2, 0.25) is 0 Å². The molecular formula is C25H35N5O. The van der Waals surface area contributed by atoms with Crippen molar-refractivity contribution in [2.45, 2.75) is 77.3 Å². The second-order valence-corrected chi connectivity index (χ2v) is 9.08. The fourth-order valence-electron chi connectivity index (χ4n) is 4.81. The van der Waals surface area contributed by atoms with Crippen molar-refractivity contribution in [3.8, 4) is 0 Å². The zero-order valence-electron chi connectivity index (χ0n) is 18.9. The Morgan fingerprint density at radius 3 is 2.55 bits per heavy atom. The van der Waals surface area contributed by atoms with Crippen LogP contribution in [0.15, 0.2) is 29.3 Å². The van der Waals surface area contributed by atoms with Gasteiger partial charge in [-0.25, -0.2) is 4.98 Å². The number of amidine groups is 1. The lowest BCUT2D eigenvalue weighted by atomic mass is 9.93. The van der Waals surface area contributed by atoms with E-state index in [0.717, 1.165) is 48.2 Å². The smallest absolute Gasteiger partial charge is 0.282 e. The Morgan fingerprint density at radius 2 is 1.84 bits per heavy atom. The fourth-order valence-corrected chi connectivity index (χ4v) is 4.81. The normalized spacial score (nSPS) is 19.2. The zero-order valence-corrected chi connectivity index (χ0v) is 18.9. The maximum Gasteiger partial charge on any atom is 0.282 e. The van der Waals surface area contributed by atoms with Gasteiger partial charge in [0.05, 0.1) is 11.1 Å². The summed E-state index contributed by atoms with van der Waals surface area (Å²) >= 11 is 0. The summed E-state index contributed by atoms with van der Waals surface area (Å²) in [5, 5.41) is 4.85. The summed E-state index contributed by atoms with van der Waals surface area (Å²) in [6.07, 6.45) is 9.39. The third kappa shape index (κ3) is 5.24. The summed E-state index contributed by atoms with van der Waals surface area (Å²) in [7, 11) is 0. The number of nitrogens with zero attached hydrogens (tertiary/aromatic N) is 3. The highest BCUT2D eigenvalue weighted by molar-refractivity contribution is 6.07. The van der Waals surface area contributed by atoms with Crippen molar-refractivity contribution in [3.05, 3.63) is 35.4 Å². The molecule has 31 heavy (non-hydrogen) atoms. The van der Waals surface area contributed by atoms with Crippen molar-refractivity contribution in [2.75, 3.05) is 18.0 Å². The number of carbonyl (C=O) groups excluding carboxylic acids is 1. The minimum absolute atomic E-state index is 0.298. The van der Waals surface area contributed by atoms with E-state index in [-0.39, 0.29) is 5.91 Å².